The molecule has 0 aliphatic heterocycles. The number of benzene rings is 2. The predicted octanol–water partition coefficient (Wildman–Crippen LogP) is -0.107. The number of aliphatic carboxylic acids is 1. The molecule has 1 heterocycles. The van der Waals surface area contributed by atoms with Crippen molar-refractivity contribution in [2.75, 3.05) is 6.54 Å². The molecule has 1 aromatic heterocycles. The summed E-state index contributed by atoms with van der Waals surface area (Å²) < 4.78 is 0. The largest absolute Gasteiger partial charge is 0.480 e. The van der Waals surface area contributed by atoms with Gasteiger partial charge in [-0.1, -0.05) is 48.5 Å². The highest BCUT2D eigenvalue weighted by Gasteiger charge is 2.29. The van der Waals surface area contributed by atoms with Crippen LogP contribution < -0.4 is 33.2 Å². The molecule has 4 atom stereocenters. The fraction of sp³-hybridized carbons (Fsp3) is 0.345. The Hall–Kier alpha value is -4.91. The molecular weight excluding hydrogens is 540 g/mol. The number of para-hydroxylation sites is 1. The minimum Gasteiger partial charge on any atom is -0.480 e. The molecule has 11 N–H and O–H groups in total. The number of rotatable bonds is 15. The molecule has 2 aromatic carbocycles. The number of nitrogens with two attached hydrogens (primary N) is 3. The van der Waals surface area contributed by atoms with Crippen molar-refractivity contribution < 1.29 is 24.3 Å². The third-order valence-corrected chi connectivity index (χ3v) is 6.68. The molecule has 0 radical (unpaired) electrons. The number of carboxylic acids is 1. The lowest BCUT2D eigenvalue weighted by Crippen LogP contribution is -2.56. The lowest BCUT2D eigenvalue weighted by molar-refractivity contribution is -0.142. The average molecular weight is 579 g/mol. The Balaban J connectivity index is 1.66. The Morgan fingerprint density at radius 3 is 2.24 bits per heavy atom. The van der Waals surface area contributed by atoms with Crippen LogP contribution in [0.4, 0.5) is 0 Å². The van der Waals surface area contributed by atoms with Crippen LogP contribution in [0.15, 0.2) is 65.8 Å². The van der Waals surface area contributed by atoms with Crippen LogP contribution in [-0.2, 0) is 32.0 Å². The first-order valence-corrected chi connectivity index (χ1v) is 13.6. The Morgan fingerprint density at radius 2 is 1.55 bits per heavy atom. The zero-order chi connectivity index (χ0) is 30.6. The fourth-order valence-electron chi connectivity index (χ4n) is 4.41. The minimum absolute atomic E-state index is 0.0194. The Morgan fingerprint density at radius 1 is 0.881 bits per heavy atom. The summed E-state index contributed by atoms with van der Waals surface area (Å²) >= 11 is 0. The van der Waals surface area contributed by atoms with Gasteiger partial charge in [-0.3, -0.25) is 19.4 Å². The Kier molecular flexibility index (Phi) is 11.4. The number of aromatic nitrogens is 1. The number of H-pyrrole nitrogens is 1. The van der Waals surface area contributed by atoms with E-state index in [1.165, 1.54) is 6.92 Å². The molecule has 3 rings (SSSR count). The van der Waals surface area contributed by atoms with E-state index in [-0.39, 0.29) is 31.8 Å². The molecule has 13 nitrogen and oxygen atoms in total. The van der Waals surface area contributed by atoms with E-state index in [1.807, 2.05) is 54.6 Å². The number of carbonyl (C=O) groups is 4. The van der Waals surface area contributed by atoms with E-state index in [2.05, 4.69) is 25.9 Å². The fourth-order valence-corrected chi connectivity index (χ4v) is 4.41. The molecule has 0 fully saturated rings. The number of carboxylic acid groups (broad SMARTS) is 1. The van der Waals surface area contributed by atoms with E-state index in [0.717, 1.165) is 22.0 Å². The van der Waals surface area contributed by atoms with Crippen LogP contribution in [0.3, 0.4) is 0 Å². The van der Waals surface area contributed by atoms with Crippen molar-refractivity contribution in [1.82, 2.24) is 20.9 Å². The molecule has 0 bridgehead atoms. The highest BCUT2D eigenvalue weighted by atomic mass is 16.4. The van der Waals surface area contributed by atoms with Gasteiger partial charge in [-0.25, -0.2) is 4.79 Å². The van der Waals surface area contributed by atoms with Gasteiger partial charge in [-0.2, -0.15) is 0 Å². The van der Waals surface area contributed by atoms with Gasteiger partial charge in [0.05, 0.1) is 6.04 Å². The summed E-state index contributed by atoms with van der Waals surface area (Å²) in [5.74, 6) is -3.21. The minimum atomic E-state index is -1.26. The molecule has 13 heteroatoms. The first-order valence-electron chi connectivity index (χ1n) is 13.6. The molecule has 4 unspecified atom stereocenters. The smallest absolute Gasteiger partial charge is 0.326 e. The second kappa shape index (κ2) is 15.2. The zero-order valence-corrected chi connectivity index (χ0v) is 23.4. The van der Waals surface area contributed by atoms with Crippen molar-refractivity contribution >= 4 is 40.6 Å². The maximum atomic E-state index is 13.3. The molecule has 0 spiro atoms. The molecule has 224 valence electrons. The summed E-state index contributed by atoms with van der Waals surface area (Å²) in [6.45, 7) is 1.66. The summed E-state index contributed by atoms with van der Waals surface area (Å²) in [7, 11) is 0. The van der Waals surface area contributed by atoms with Crippen LogP contribution in [0.5, 0.6) is 0 Å². The first kappa shape index (κ1) is 31.6. The van der Waals surface area contributed by atoms with Crippen LogP contribution in [0.1, 0.15) is 30.9 Å². The Labute approximate surface area is 243 Å². The predicted molar refractivity (Wildman–Crippen MR) is 159 cm³/mol. The molecule has 0 aliphatic carbocycles. The SMILES string of the molecule is CC(NC(=O)C(N)Cc1ccccc1)C(=O)NC(CCCN=C(N)N)C(=O)NC(Cc1c[nH]c2ccccc12)C(=O)O. The van der Waals surface area contributed by atoms with Crippen molar-refractivity contribution in [2.24, 2.45) is 22.2 Å². The monoisotopic (exact) mass is 578 g/mol. The van der Waals surface area contributed by atoms with Crippen LogP contribution >= 0.6 is 0 Å². The average Bonchev–Trinajstić information content (AvgIpc) is 3.37. The summed E-state index contributed by atoms with van der Waals surface area (Å²) in [4.78, 5) is 58.0. The highest BCUT2D eigenvalue weighted by molar-refractivity contribution is 5.94. The summed E-state index contributed by atoms with van der Waals surface area (Å²) in [5.41, 5.74) is 19.2. The maximum Gasteiger partial charge on any atom is 0.326 e. The van der Waals surface area contributed by atoms with E-state index in [1.54, 1.807) is 6.20 Å². The molecule has 0 saturated heterocycles. The van der Waals surface area contributed by atoms with E-state index in [9.17, 15) is 24.3 Å². The molecule has 3 amide bonds. The van der Waals surface area contributed by atoms with E-state index >= 15 is 0 Å². The number of aromatic amines is 1. The number of fused-ring (bicyclic) bond motifs is 1. The molecule has 0 saturated carbocycles. The number of nitrogens with zero attached hydrogens (tertiary/aromatic N) is 1. The van der Waals surface area contributed by atoms with Gasteiger partial charge in [0.2, 0.25) is 17.7 Å². The van der Waals surface area contributed by atoms with Crippen molar-refractivity contribution in [1.29, 1.82) is 0 Å². The molecular formula is C29H38N8O5. The molecule has 0 aliphatic rings. The van der Waals surface area contributed by atoms with Crippen molar-refractivity contribution in [3.05, 3.63) is 71.9 Å². The van der Waals surface area contributed by atoms with Crippen LogP contribution in [0, 0.1) is 0 Å². The number of nitrogens with one attached hydrogen (secondary N) is 4. The number of hydrogen-bond donors (Lipinski definition) is 8. The number of carbonyl (C=O) groups excluding carboxylic acids is 3. The lowest BCUT2D eigenvalue weighted by atomic mass is 10.0. The van der Waals surface area contributed by atoms with Gasteiger partial charge in [-0.05, 0) is 43.4 Å². The first-order chi connectivity index (χ1) is 20.0. The van der Waals surface area contributed by atoms with Crippen LogP contribution in [0.25, 0.3) is 10.9 Å². The molecule has 42 heavy (non-hydrogen) atoms. The van der Waals surface area contributed by atoms with Gasteiger partial charge in [0, 0.05) is 30.1 Å². The van der Waals surface area contributed by atoms with Gasteiger partial charge in [-0.15, -0.1) is 0 Å². The third-order valence-electron chi connectivity index (χ3n) is 6.68. The topological polar surface area (TPSA) is 231 Å². The number of amides is 3. The van der Waals surface area contributed by atoms with Crippen LogP contribution in [0.2, 0.25) is 0 Å². The second-order valence-electron chi connectivity index (χ2n) is 10.00. The van der Waals surface area contributed by atoms with Crippen molar-refractivity contribution in [3.8, 4) is 0 Å². The molecule has 3 aromatic rings. The summed E-state index contributed by atoms with van der Waals surface area (Å²) in [6, 6.07) is 12.3. The van der Waals surface area contributed by atoms with E-state index in [0.29, 0.717) is 6.42 Å². The van der Waals surface area contributed by atoms with Gasteiger partial charge in [0.15, 0.2) is 5.96 Å². The van der Waals surface area contributed by atoms with Gasteiger partial charge < -0.3 is 43.2 Å². The van der Waals surface area contributed by atoms with Crippen molar-refractivity contribution in [3.63, 3.8) is 0 Å². The standard InChI is InChI=1S/C29H38N8O5/c1-17(35-26(39)21(30)14-18-8-3-2-4-9-18)25(38)36-23(12-7-13-33-29(31)32)27(40)37-24(28(41)42)15-19-16-34-22-11-6-5-10-20(19)22/h2-6,8-11,16-17,21,23-24,34H,7,12-15,30H2,1H3,(H,35,39)(H,36,38)(H,37,40)(H,41,42)(H4,31,32,33). The lowest BCUT2D eigenvalue weighted by Gasteiger charge is -2.24. The van der Waals surface area contributed by atoms with E-state index < -0.39 is 47.9 Å². The summed E-state index contributed by atoms with van der Waals surface area (Å²) in [5, 5.41) is 18.4. The van der Waals surface area contributed by atoms with Gasteiger partial charge in [0.25, 0.3) is 0 Å². The summed E-state index contributed by atoms with van der Waals surface area (Å²) in [6.07, 6.45) is 2.44. The van der Waals surface area contributed by atoms with Gasteiger partial charge >= 0.3 is 5.97 Å². The third kappa shape index (κ3) is 9.34. The van der Waals surface area contributed by atoms with E-state index in [4.69, 9.17) is 17.2 Å². The highest BCUT2D eigenvalue weighted by Crippen LogP contribution is 2.19. The normalized spacial score (nSPS) is 13.8. The quantitative estimate of drug-likeness (QED) is 0.0687. The van der Waals surface area contributed by atoms with Crippen LogP contribution in [-0.4, -0.2) is 70.5 Å². The van der Waals surface area contributed by atoms with Crippen molar-refractivity contribution in [2.45, 2.75) is 56.8 Å². The maximum absolute atomic E-state index is 13.3. The second-order valence-corrected chi connectivity index (χ2v) is 10.00. The zero-order valence-electron chi connectivity index (χ0n) is 23.4. The number of hydrogen-bond acceptors (Lipinski definition) is 6. The van der Waals surface area contributed by atoms with Gasteiger partial charge in [0.1, 0.15) is 18.1 Å². The number of aliphatic imine (C=N–C) groups is 1. The Bertz CT molecular complexity index is 1400. The number of guanidine groups is 1.